The van der Waals surface area contributed by atoms with Gasteiger partial charge in [0.25, 0.3) is 11.8 Å². The van der Waals surface area contributed by atoms with Crippen molar-refractivity contribution in [1.82, 2.24) is 53.4 Å². The Morgan fingerprint density at radius 3 is 1.94 bits per heavy atom. The number of hydrazine groups is 1. The zero-order chi connectivity index (χ0) is 89.6. The number of hydrogen-bond acceptors (Lipinski definition) is 28. The fourth-order valence-corrected chi connectivity index (χ4v) is 15.9. The molecular weight excluding hydrogens is 1660 g/mol. The summed E-state index contributed by atoms with van der Waals surface area (Å²) in [5.74, 6) is -14.4. The summed E-state index contributed by atoms with van der Waals surface area (Å²) >= 11 is 14.4. The minimum atomic E-state index is -2.37. The van der Waals surface area contributed by atoms with Crippen LogP contribution in [0.1, 0.15) is 147 Å². The predicted octanol–water partition coefficient (Wildman–Crippen LogP) is 2.05. The Balaban J connectivity index is 1.01. The maximum Gasteiger partial charge on any atom is 0.260 e. The highest BCUT2D eigenvalue weighted by atomic mass is 35.5. The van der Waals surface area contributed by atoms with Gasteiger partial charge in [0.2, 0.25) is 53.4 Å². The summed E-state index contributed by atoms with van der Waals surface area (Å²) in [5, 5.41) is 140. The smallest absolute Gasteiger partial charge is 0.260 e. The molecule has 11 bridgehead atoms. The minimum Gasteiger partial charge on any atom is -0.508 e. The topological polar surface area (TPSA) is 570 Å². The van der Waals surface area contributed by atoms with E-state index in [-0.39, 0.29) is 82.3 Å². The molecule has 39 heteroatoms. The molecule has 6 aromatic rings. The van der Waals surface area contributed by atoms with Crippen LogP contribution >= 0.6 is 23.2 Å². The van der Waals surface area contributed by atoms with E-state index in [4.69, 9.17) is 57.4 Å². The molecule has 7 heterocycles. The normalized spacial score (nSPS) is 27.5. The first kappa shape index (κ1) is 92.2. The average molecular weight is 1760 g/mol. The first-order valence-corrected chi connectivity index (χ1v) is 40.8. The monoisotopic (exact) mass is 1760 g/mol. The van der Waals surface area contributed by atoms with Gasteiger partial charge < -0.3 is 133 Å². The number of likely N-dealkylation sites (N-methyl/N-ethyl adjacent to an activating group) is 1. The quantitative estimate of drug-likeness (QED) is 0.0341. The zero-order valence-electron chi connectivity index (χ0n) is 68.2. The highest BCUT2D eigenvalue weighted by Crippen LogP contribution is 2.50. The molecule has 8 aliphatic rings. The standard InChI is InChI=1S/C85H100Cl2N12O25/c1-36(2)24-52(89-7)77(112)97-67-69(106)43-15-20-56(50(86)26-43)120-58-28-45-29-59(73(58)124-84-74(72(109)71(108)60(35-101)122-84)123-62-33-85(6,75(110)38(5)119-62)90-34-39-8-17-46(18-9-39)92-76(111)41-12-10-40(11-13-41)37(3)4)121-57-21-16-44(27-51(57)87)70(107)68-82(117)96-66(83(118)99-91-22-23-100)49-30-47(102)31-55(104)63(49)48-25-42(14-19-54(48)103)64(79(114)98-68)95-80(115)65(45)94-78(113)53(32-61(88)105)93-81(67)116/h8-21,25-29,31,36-38,47,52-53,60,62,64-72,74-75,84,89-91,100-104,106-110H,22-24,30,32-35H2,1-7H3,(H2,88,105)(H,92,111)(H,93,116)(H,94,113)(H,95,115)(H,96,117)(H,97,112)(H,98,114)(H,99,118)/t38-,47?,52+,53-,60+,62-,64+,65+,66+,67+,68-,69+,70+,71+,72-,74+,75+,84-,85-/m0/s1. The van der Waals surface area contributed by atoms with Crippen molar-refractivity contribution >= 4 is 87.6 Å². The van der Waals surface area contributed by atoms with Crippen LogP contribution in [-0.2, 0) is 59.1 Å². The van der Waals surface area contributed by atoms with Gasteiger partial charge in [-0.05, 0) is 157 Å². The number of aliphatic hydroxyl groups excluding tert-OH is 9. The fraction of sp³-hybridized carbons (Fsp3) is 0.424. The van der Waals surface area contributed by atoms with Crippen LogP contribution in [0.15, 0.2) is 133 Å². The summed E-state index contributed by atoms with van der Waals surface area (Å²) in [7, 11) is 1.48. The van der Waals surface area contributed by atoms with Gasteiger partial charge in [-0.3, -0.25) is 48.6 Å². The number of nitrogens with one attached hydrogen (secondary N) is 11. The predicted molar refractivity (Wildman–Crippen MR) is 443 cm³/mol. The van der Waals surface area contributed by atoms with E-state index in [2.05, 4.69) is 58.7 Å². The van der Waals surface area contributed by atoms with Gasteiger partial charge in [0.05, 0.1) is 54.0 Å². The number of aliphatic hydroxyl groups is 9. The lowest BCUT2D eigenvalue weighted by Crippen LogP contribution is -2.65. The van der Waals surface area contributed by atoms with Gasteiger partial charge in [0.1, 0.15) is 89.8 Å². The summed E-state index contributed by atoms with van der Waals surface area (Å²) in [6.45, 7) is 9.35. The third-order valence-corrected chi connectivity index (χ3v) is 22.8. The molecule has 9 amide bonds. The van der Waals surface area contributed by atoms with E-state index >= 15 is 24.0 Å². The lowest BCUT2D eigenvalue weighted by atomic mass is 9.83. The van der Waals surface area contributed by atoms with Crippen LogP contribution in [0.3, 0.4) is 0 Å². The van der Waals surface area contributed by atoms with Crippen LogP contribution < -0.4 is 78.6 Å². The number of anilines is 1. The van der Waals surface area contributed by atoms with Crippen molar-refractivity contribution in [3.05, 3.63) is 187 Å². The maximum absolute atomic E-state index is 16.3. The number of aromatic hydroxyl groups is 1. The second-order valence-corrected chi connectivity index (χ2v) is 32.8. The number of carbonyl (C=O) groups is 9. The van der Waals surface area contributed by atoms with Crippen LogP contribution in [0.2, 0.25) is 10.0 Å². The number of phenolic OH excluding ortho intramolecular Hbond substituents is 1. The highest BCUT2D eigenvalue weighted by Gasteiger charge is 2.53. The van der Waals surface area contributed by atoms with E-state index in [0.717, 1.165) is 60.2 Å². The summed E-state index contributed by atoms with van der Waals surface area (Å²) in [5.41, 5.74) is 9.75. The van der Waals surface area contributed by atoms with Gasteiger partial charge in [-0.15, -0.1) is 0 Å². The molecule has 6 aromatic carbocycles. The van der Waals surface area contributed by atoms with Gasteiger partial charge in [-0.25, -0.2) is 5.43 Å². The van der Waals surface area contributed by atoms with E-state index in [1.807, 2.05) is 39.8 Å². The van der Waals surface area contributed by atoms with Gasteiger partial charge in [-0.1, -0.05) is 93.4 Å². The largest absolute Gasteiger partial charge is 0.508 e. The molecule has 664 valence electrons. The number of ether oxygens (including phenoxy) is 6. The molecule has 14 rings (SSSR count). The molecule has 19 atom stereocenters. The fourth-order valence-electron chi connectivity index (χ4n) is 15.4. The molecule has 0 saturated carbocycles. The second-order valence-electron chi connectivity index (χ2n) is 32.0. The van der Waals surface area contributed by atoms with E-state index in [0.29, 0.717) is 16.8 Å². The number of halogens is 2. The molecule has 0 aromatic heterocycles. The molecule has 7 aliphatic heterocycles. The number of nitrogens with two attached hydrogens (primary N) is 1. The zero-order valence-corrected chi connectivity index (χ0v) is 69.7. The minimum absolute atomic E-state index is 0.113. The van der Waals surface area contributed by atoms with Crippen LogP contribution in [-0.4, -0.2) is 222 Å². The van der Waals surface area contributed by atoms with Crippen LogP contribution in [0.5, 0.6) is 34.5 Å². The number of primary amides is 1. The highest BCUT2D eigenvalue weighted by molar-refractivity contribution is 6.32. The molecule has 23 N–H and O–H groups in total. The molecule has 37 nitrogen and oxygen atoms in total. The molecule has 0 spiro atoms. The first-order chi connectivity index (χ1) is 58.9. The number of hydrogen-bond donors (Lipinski definition) is 22. The summed E-state index contributed by atoms with van der Waals surface area (Å²) < 4.78 is 39.6. The van der Waals surface area contributed by atoms with Crippen LogP contribution in [0, 0.1) is 5.92 Å². The molecule has 1 aliphatic carbocycles. The van der Waals surface area contributed by atoms with Crippen molar-refractivity contribution in [2.45, 2.75) is 195 Å². The number of carbonyl (C=O) groups excluding carboxylic acids is 9. The SMILES string of the molecule is CN[C@H](CC(C)C)C(=O)N[C@H]1C(=O)N[C@@H](CC(N)=O)C(=O)N[C@H]2C(=O)N[C@H]3C(=O)N[C@H](C(=O)N[C@@H](C(=O)NNCCO)C4=C(C(O)=CC(O)C4)c4cc3ccc4O)[C@H](O)c3ccc(c(Cl)c3)Oc3cc2cc(c3O[C@@H]2O[C@H](CO)[C@@H](O)[C@H](O)[C@H]2O[C@H]2C[C@](C)(NCc3ccc(NC(=O)c4ccc(C(C)C)cc4)cc3)[C@H](O)[C@H](C)O2)Oc2ccc(cc2Cl)[C@H]1O. The molecule has 1 unspecified atom stereocenters. The molecule has 0 radical (unpaired) electrons. The molecule has 2 fully saturated rings. The molecule has 2 saturated heterocycles. The summed E-state index contributed by atoms with van der Waals surface area (Å²) in [6, 6.07) is 12.5. The Bertz CT molecular complexity index is 5080. The van der Waals surface area contributed by atoms with Crippen LogP contribution in [0.25, 0.3) is 5.57 Å². The van der Waals surface area contributed by atoms with Gasteiger partial charge in [0, 0.05) is 53.9 Å². The van der Waals surface area contributed by atoms with E-state index in [9.17, 15) is 70.2 Å². The Morgan fingerprint density at radius 1 is 0.694 bits per heavy atom. The lowest BCUT2D eigenvalue weighted by Gasteiger charge is -2.48. The van der Waals surface area contributed by atoms with Crippen molar-refractivity contribution in [3.8, 4) is 34.5 Å². The Hall–Kier alpha value is -11.0. The van der Waals surface area contributed by atoms with Crippen molar-refractivity contribution in [1.29, 1.82) is 0 Å². The number of fused-ring (bicyclic) bond motifs is 14. The number of amides is 9. The first-order valence-electron chi connectivity index (χ1n) is 40.0. The second kappa shape index (κ2) is 39.5. The number of rotatable bonds is 22. The third kappa shape index (κ3) is 20.8. The molecule has 124 heavy (non-hydrogen) atoms. The van der Waals surface area contributed by atoms with Crippen molar-refractivity contribution in [3.63, 3.8) is 0 Å². The van der Waals surface area contributed by atoms with Crippen molar-refractivity contribution in [2.24, 2.45) is 11.7 Å². The summed E-state index contributed by atoms with van der Waals surface area (Å²) in [4.78, 5) is 133. The van der Waals surface area contributed by atoms with Gasteiger partial charge in [0.15, 0.2) is 23.9 Å². The number of phenols is 1. The lowest BCUT2D eigenvalue weighted by molar-refractivity contribution is -0.334. The van der Waals surface area contributed by atoms with Crippen LogP contribution in [0.4, 0.5) is 5.69 Å². The van der Waals surface area contributed by atoms with Gasteiger partial charge >= 0.3 is 0 Å². The Labute approximate surface area is 720 Å². The van der Waals surface area contributed by atoms with E-state index in [1.54, 1.807) is 50.2 Å². The van der Waals surface area contributed by atoms with Gasteiger partial charge in [-0.2, -0.15) is 0 Å². The number of benzene rings is 6. The Kier molecular flexibility index (Phi) is 29.4. The van der Waals surface area contributed by atoms with E-state index in [1.165, 1.54) is 25.2 Å². The van der Waals surface area contributed by atoms with E-state index < -0.39 is 239 Å². The molecular formula is C85H100Cl2N12O25. The van der Waals surface area contributed by atoms with Crippen molar-refractivity contribution < 1.29 is 123 Å². The summed E-state index contributed by atoms with van der Waals surface area (Å²) in [6.07, 6.45) is -20.1. The number of allylic oxidation sites excluding steroid dienone is 1. The Morgan fingerprint density at radius 2 is 1.32 bits per heavy atom. The third-order valence-electron chi connectivity index (χ3n) is 22.2. The van der Waals surface area contributed by atoms with Crippen molar-refractivity contribution in [2.75, 3.05) is 32.1 Å². The average Bonchev–Trinajstić information content (AvgIpc) is 0.765. The maximum atomic E-state index is 16.3.